The number of pyridine rings is 1. The van der Waals surface area contributed by atoms with E-state index in [1.165, 1.54) is 5.56 Å². The lowest BCUT2D eigenvalue weighted by atomic mass is 10.2. The fraction of sp³-hybridized carbons (Fsp3) is 0.200. The predicted octanol–water partition coefficient (Wildman–Crippen LogP) is 3.76. The van der Waals surface area contributed by atoms with Crippen molar-refractivity contribution in [1.82, 2.24) is 15.0 Å². The van der Waals surface area contributed by atoms with Crippen molar-refractivity contribution in [1.29, 1.82) is 0 Å². The van der Waals surface area contributed by atoms with Crippen molar-refractivity contribution in [3.8, 4) is 0 Å². The molecule has 0 bridgehead atoms. The van der Waals surface area contributed by atoms with E-state index in [4.69, 9.17) is 11.6 Å². The maximum atomic E-state index is 12.6. The summed E-state index contributed by atoms with van der Waals surface area (Å²) in [5.41, 5.74) is 2.75. The zero-order valence-corrected chi connectivity index (χ0v) is 15.9. The third-order valence-corrected chi connectivity index (χ3v) is 4.35. The van der Waals surface area contributed by atoms with Crippen molar-refractivity contribution in [2.24, 2.45) is 0 Å². The predicted molar refractivity (Wildman–Crippen MR) is 107 cm³/mol. The Morgan fingerprint density at radius 1 is 1.15 bits per heavy atom. The zero-order chi connectivity index (χ0) is 19.2. The number of hydrogen-bond acceptors (Lipinski definition) is 5. The van der Waals surface area contributed by atoms with E-state index in [1.807, 2.05) is 43.1 Å². The number of nitrogens with one attached hydrogen (secondary N) is 1. The highest BCUT2D eigenvalue weighted by Gasteiger charge is 2.14. The highest BCUT2D eigenvalue weighted by atomic mass is 35.5. The van der Waals surface area contributed by atoms with Crippen LogP contribution in [0.25, 0.3) is 0 Å². The zero-order valence-electron chi connectivity index (χ0n) is 15.2. The van der Waals surface area contributed by atoms with E-state index in [0.717, 1.165) is 18.7 Å². The second-order valence-electron chi connectivity index (χ2n) is 6.16. The van der Waals surface area contributed by atoms with Gasteiger partial charge in [-0.2, -0.15) is 0 Å². The summed E-state index contributed by atoms with van der Waals surface area (Å²) in [6.07, 6.45) is 4.38. The van der Waals surface area contributed by atoms with E-state index in [2.05, 4.69) is 20.3 Å². The first kappa shape index (κ1) is 18.8. The molecule has 7 heteroatoms. The number of amides is 1. The second-order valence-corrected chi connectivity index (χ2v) is 6.56. The van der Waals surface area contributed by atoms with Crippen LogP contribution in [0, 0.1) is 6.92 Å². The summed E-state index contributed by atoms with van der Waals surface area (Å²) < 4.78 is 0. The van der Waals surface area contributed by atoms with Crippen LogP contribution in [0.4, 0.5) is 11.6 Å². The molecule has 0 spiro atoms. The average Bonchev–Trinajstić information content (AvgIpc) is 2.68. The highest BCUT2D eigenvalue weighted by Crippen LogP contribution is 2.21. The van der Waals surface area contributed by atoms with Crippen LogP contribution in [0.1, 0.15) is 21.7 Å². The molecule has 1 amide bonds. The Morgan fingerprint density at radius 2 is 1.89 bits per heavy atom. The third-order valence-electron chi connectivity index (χ3n) is 4.02. The van der Waals surface area contributed by atoms with Gasteiger partial charge in [0.25, 0.3) is 5.91 Å². The first-order chi connectivity index (χ1) is 13.0. The average molecular weight is 382 g/mol. The Balaban J connectivity index is 1.73. The van der Waals surface area contributed by atoms with E-state index in [0.29, 0.717) is 22.4 Å². The van der Waals surface area contributed by atoms with Crippen LogP contribution in [0.5, 0.6) is 0 Å². The molecule has 0 saturated heterocycles. The molecule has 2 aromatic heterocycles. The van der Waals surface area contributed by atoms with Gasteiger partial charge in [-0.25, -0.2) is 9.97 Å². The van der Waals surface area contributed by atoms with Crippen molar-refractivity contribution in [3.63, 3.8) is 0 Å². The number of likely N-dealkylation sites (N-methyl/N-ethyl adjacent to an activating group) is 1. The SMILES string of the molecule is Cc1cc(C(=O)Nc2ccccc2Cl)nc(N(C)CCc2ccncc2)n1. The fourth-order valence-corrected chi connectivity index (χ4v) is 2.72. The molecule has 27 heavy (non-hydrogen) atoms. The topological polar surface area (TPSA) is 71.0 Å². The molecule has 0 aliphatic rings. The summed E-state index contributed by atoms with van der Waals surface area (Å²) in [6.45, 7) is 2.56. The van der Waals surface area contributed by atoms with Crippen molar-refractivity contribution in [2.45, 2.75) is 13.3 Å². The summed E-state index contributed by atoms with van der Waals surface area (Å²) in [5.74, 6) is 0.186. The molecule has 2 heterocycles. The van der Waals surface area contributed by atoms with Gasteiger partial charge >= 0.3 is 0 Å². The van der Waals surface area contributed by atoms with Gasteiger partial charge in [-0.3, -0.25) is 9.78 Å². The van der Waals surface area contributed by atoms with Crippen molar-refractivity contribution in [2.75, 3.05) is 23.8 Å². The lowest BCUT2D eigenvalue weighted by Gasteiger charge is -2.18. The van der Waals surface area contributed by atoms with Gasteiger partial charge in [0, 0.05) is 31.7 Å². The summed E-state index contributed by atoms with van der Waals surface area (Å²) in [4.78, 5) is 27.4. The molecule has 1 N–H and O–H groups in total. The van der Waals surface area contributed by atoms with Crippen LogP contribution in [0.15, 0.2) is 54.9 Å². The first-order valence-electron chi connectivity index (χ1n) is 8.54. The monoisotopic (exact) mass is 381 g/mol. The summed E-state index contributed by atoms with van der Waals surface area (Å²) >= 11 is 6.11. The maximum Gasteiger partial charge on any atom is 0.274 e. The van der Waals surface area contributed by atoms with Crippen molar-refractivity contribution in [3.05, 3.63) is 76.8 Å². The van der Waals surface area contributed by atoms with Gasteiger partial charge < -0.3 is 10.2 Å². The quantitative estimate of drug-likeness (QED) is 0.703. The number of halogens is 1. The van der Waals surface area contributed by atoms with Gasteiger partial charge in [-0.05, 0) is 49.2 Å². The van der Waals surface area contributed by atoms with E-state index in [9.17, 15) is 4.79 Å². The Hall–Kier alpha value is -2.99. The normalized spacial score (nSPS) is 10.5. The number of aromatic nitrogens is 3. The van der Waals surface area contributed by atoms with Gasteiger partial charge in [-0.15, -0.1) is 0 Å². The van der Waals surface area contributed by atoms with Gasteiger partial charge in [0.15, 0.2) is 0 Å². The molecule has 3 rings (SSSR count). The van der Waals surface area contributed by atoms with Crippen molar-refractivity contribution < 1.29 is 4.79 Å². The molecule has 0 saturated carbocycles. The van der Waals surface area contributed by atoms with Crippen LogP contribution >= 0.6 is 11.6 Å². The molecular formula is C20H20ClN5O. The minimum atomic E-state index is -0.322. The molecule has 6 nitrogen and oxygen atoms in total. The maximum absolute atomic E-state index is 12.6. The lowest BCUT2D eigenvalue weighted by molar-refractivity contribution is 0.102. The molecule has 0 radical (unpaired) electrons. The summed E-state index contributed by atoms with van der Waals surface area (Å²) in [7, 11) is 1.91. The molecule has 3 aromatic rings. The minimum absolute atomic E-state index is 0.299. The molecule has 138 valence electrons. The number of nitrogens with zero attached hydrogens (tertiary/aromatic N) is 4. The first-order valence-corrected chi connectivity index (χ1v) is 8.92. The molecule has 0 aliphatic heterocycles. The summed E-state index contributed by atoms with van der Waals surface area (Å²) in [6, 6.07) is 12.7. The number of rotatable bonds is 6. The number of para-hydroxylation sites is 1. The van der Waals surface area contributed by atoms with Gasteiger partial charge in [-0.1, -0.05) is 23.7 Å². The number of carbonyl (C=O) groups excluding carboxylic acids is 1. The smallest absolute Gasteiger partial charge is 0.274 e. The fourth-order valence-electron chi connectivity index (χ4n) is 2.54. The third kappa shape index (κ3) is 5.01. The molecule has 0 unspecified atom stereocenters. The van der Waals surface area contributed by atoms with Gasteiger partial charge in [0.05, 0.1) is 10.7 Å². The number of carbonyl (C=O) groups is 1. The standard InChI is InChI=1S/C20H20ClN5O/c1-14-13-18(19(27)24-17-6-4-3-5-16(17)21)25-20(23-14)26(2)12-9-15-7-10-22-11-8-15/h3-8,10-11,13H,9,12H2,1-2H3,(H,24,27). The van der Waals surface area contributed by atoms with E-state index < -0.39 is 0 Å². The van der Waals surface area contributed by atoms with E-state index in [-0.39, 0.29) is 5.91 Å². The van der Waals surface area contributed by atoms with E-state index in [1.54, 1.807) is 30.6 Å². The number of aryl methyl sites for hydroxylation is 1. The highest BCUT2D eigenvalue weighted by molar-refractivity contribution is 6.33. The van der Waals surface area contributed by atoms with E-state index >= 15 is 0 Å². The molecule has 1 aromatic carbocycles. The van der Waals surface area contributed by atoms with Crippen LogP contribution in [0.2, 0.25) is 5.02 Å². The number of anilines is 2. The summed E-state index contributed by atoms with van der Waals surface area (Å²) in [5, 5.41) is 3.27. The Morgan fingerprint density at radius 3 is 2.63 bits per heavy atom. The van der Waals surface area contributed by atoms with Crippen LogP contribution in [0.3, 0.4) is 0 Å². The molecule has 0 atom stereocenters. The minimum Gasteiger partial charge on any atom is -0.344 e. The molecule has 0 fully saturated rings. The molecule has 0 aliphatic carbocycles. The van der Waals surface area contributed by atoms with Gasteiger partial charge in [0.1, 0.15) is 5.69 Å². The number of hydrogen-bond donors (Lipinski definition) is 1. The lowest BCUT2D eigenvalue weighted by Crippen LogP contribution is -2.24. The van der Waals surface area contributed by atoms with Crippen LogP contribution in [-0.2, 0) is 6.42 Å². The largest absolute Gasteiger partial charge is 0.344 e. The van der Waals surface area contributed by atoms with Crippen molar-refractivity contribution >= 4 is 29.1 Å². The number of benzene rings is 1. The Kier molecular flexibility index (Phi) is 5.98. The second kappa shape index (κ2) is 8.60. The Bertz CT molecular complexity index is 933. The van der Waals surface area contributed by atoms with Crippen LogP contribution in [-0.4, -0.2) is 34.5 Å². The van der Waals surface area contributed by atoms with Gasteiger partial charge in [0.2, 0.25) is 5.95 Å². The Labute approximate surface area is 163 Å². The molecular weight excluding hydrogens is 362 g/mol. The van der Waals surface area contributed by atoms with Crippen LogP contribution < -0.4 is 10.2 Å².